The van der Waals surface area contributed by atoms with Gasteiger partial charge >= 0.3 is 6.03 Å². The number of ether oxygens (including phenoxy) is 1. The summed E-state index contributed by atoms with van der Waals surface area (Å²) in [4.78, 5) is 12.6. The molecule has 0 fully saturated rings. The number of carbonyl (C=O) groups is 1. The number of sulfone groups is 1. The van der Waals surface area contributed by atoms with Gasteiger partial charge in [0.2, 0.25) is 0 Å². The number of para-hydroxylation sites is 1. The Bertz CT molecular complexity index is 894. The molecule has 1 aliphatic heterocycles. The summed E-state index contributed by atoms with van der Waals surface area (Å²) >= 11 is 0. The van der Waals surface area contributed by atoms with E-state index in [0.29, 0.717) is 13.0 Å². The molecule has 6 nitrogen and oxygen atoms in total. The number of hydrogen-bond donors (Lipinski definition) is 2. The van der Waals surface area contributed by atoms with Gasteiger partial charge in [-0.2, -0.15) is 0 Å². The summed E-state index contributed by atoms with van der Waals surface area (Å²) in [5, 5.41) is 5.88. The van der Waals surface area contributed by atoms with Gasteiger partial charge in [0, 0.05) is 18.2 Å². The molecule has 0 saturated carbocycles. The van der Waals surface area contributed by atoms with Crippen molar-refractivity contribution < 1.29 is 17.9 Å². The highest BCUT2D eigenvalue weighted by molar-refractivity contribution is 7.90. The zero-order chi connectivity index (χ0) is 18.7. The minimum absolute atomic E-state index is 0.0974. The van der Waals surface area contributed by atoms with Gasteiger partial charge in [-0.05, 0) is 30.7 Å². The molecule has 2 N–H and O–H groups in total. The van der Waals surface area contributed by atoms with Crippen molar-refractivity contribution in [2.45, 2.75) is 30.3 Å². The Balaban J connectivity index is 1.63. The summed E-state index contributed by atoms with van der Waals surface area (Å²) in [5.41, 5.74) is 1.80. The van der Waals surface area contributed by atoms with Crippen molar-refractivity contribution in [3.8, 4) is 5.75 Å². The summed E-state index contributed by atoms with van der Waals surface area (Å²) in [6.07, 6.45) is 1.88. The summed E-state index contributed by atoms with van der Waals surface area (Å²) in [6, 6.07) is 13.6. The van der Waals surface area contributed by atoms with E-state index >= 15 is 0 Å². The second-order valence-corrected chi connectivity index (χ2v) is 8.42. The minimum atomic E-state index is -3.23. The third-order valence-corrected chi connectivity index (χ3v) is 5.55. The molecule has 138 valence electrons. The molecule has 2 aromatic rings. The van der Waals surface area contributed by atoms with Crippen LogP contribution in [0.25, 0.3) is 0 Å². The average Bonchev–Trinajstić information content (AvgIpc) is 2.61. The monoisotopic (exact) mass is 374 g/mol. The first kappa shape index (κ1) is 18.3. The first-order valence-corrected chi connectivity index (χ1v) is 10.3. The van der Waals surface area contributed by atoms with Gasteiger partial charge in [-0.25, -0.2) is 13.2 Å². The minimum Gasteiger partial charge on any atom is -0.493 e. The van der Waals surface area contributed by atoms with Crippen molar-refractivity contribution >= 4 is 15.9 Å². The molecule has 1 heterocycles. The van der Waals surface area contributed by atoms with Crippen molar-refractivity contribution in [2.24, 2.45) is 0 Å². The van der Waals surface area contributed by atoms with Crippen LogP contribution in [0.5, 0.6) is 5.75 Å². The van der Waals surface area contributed by atoms with E-state index in [-0.39, 0.29) is 23.0 Å². The Morgan fingerprint density at radius 3 is 2.54 bits per heavy atom. The molecule has 0 aliphatic carbocycles. The number of fused-ring (bicyclic) bond motifs is 1. The first-order chi connectivity index (χ1) is 12.3. The predicted molar refractivity (Wildman–Crippen MR) is 98.9 cm³/mol. The normalized spacial score (nSPS) is 17.5. The molecule has 0 spiro atoms. The Hall–Kier alpha value is -2.54. The molecule has 0 radical (unpaired) electrons. The standard InChI is InChI=1S/C19H22N2O4S/c1-13(14-7-9-15(10-8-14)26(2,23)24)20-19(22)21-17-11-12-25-18-6-4-3-5-16(17)18/h3-10,13,17H,11-12H2,1-2H3,(H2,20,21,22)/t13-,17+/m0/s1. The van der Waals surface area contributed by atoms with Gasteiger partial charge in [0.05, 0.1) is 23.6 Å². The number of carbonyl (C=O) groups excluding carboxylic acids is 1. The number of benzene rings is 2. The lowest BCUT2D eigenvalue weighted by atomic mass is 10.0. The van der Waals surface area contributed by atoms with Gasteiger partial charge in [-0.3, -0.25) is 0 Å². The highest BCUT2D eigenvalue weighted by Crippen LogP contribution is 2.31. The van der Waals surface area contributed by atoms with E-state index in [1.54, 1.807) is 24.3 Å². The number of urea groups is 1. The number of amides is 2. The SMILES string of the molecule is C[C@H](NC(=O)N[C@@H]1CCOc2ccccc21)c1ccc(S(C)(=O)=O)cc1. The second-order valence-electron chi connectivity index (χ2n) is 6.41. The smallest absolute Gasteiger partial charge is 0.315 e. The molecule has 2 aromatic carbocycles. The second kappa shape index (κ2) is 7.37. The zero-order valence-corrected chi connectivity index (χ0v) is 15.5. The van der Waals surface area contributed by atoms with Crippen LogP contribution in [0.4, 0.5) is 4.79 Å². The van der Waals surface area contributed by atoms with Crippen molar-refractivity contribution in [3.63, 3.8) is 0 Å². The maximum absolute atomic E-state index is 12.4. The van der Waals surface area contributed by atoms with E-state index in [1.807, 2.05) is 31.2 Å². The van der Waals surface area contributed by atoms with Crippen LogP contribution in [0.2, 0.25) is 0 Å². The van der Waals surface area contributed by atoms with E-state index in [1.165, 1.54) is 6.26 Å². The predicted octanol–water partition coefficient (Wildman–Crippen LogP) is 2.97. The van der Waals surface area contributed by atoms with Crippen LogP contribution >= 0.6 is 0 Å². The topological polar surface area (TPSA) is 84.5 Å². The molecule has 2 amide bonds. The van der Waals surface area contributed by atoms with Gasteiger partial charge in [-0.1, -0.05) is 30.3 Å². The highest BCUT2D eigenvalue weighted by Gasteiger charge is 2.23. The largest absolute Gasteiger partial charge is 0.493 e. The van der Waals surface area contributed by atoms with Crippen molar-refractivity contribution in [1.82, 2.24) is 10.6 Å². The quantitative estimate of drug-likeness (QED) is 0.862. The van der Waals surface area contributed by atoms with Crippen molar-refractivity contribution in [1.29, 1.82) is 0 Å². The molecule has 0 saturated heterocycles. The van der Waals surface area contributed by atoms with Gasteiger partial charge in [0.1, 0.15) is 5.75 Å². The Morgan fingerprint density at radius 1 is 1.15 bits per heavy atom. The van der Waals surface area contributed by atoms with Gasteiger partial charge in [-0.15, -0.1) is 0 Å². The average molecular weight is 374 g/mol. The number of hydrogen-bond acceptors (Lipinski definition) is 4. The van der Waals surface area contributed by atoms with Crippen LogP contribution in [-0.2, 0) is 9.84 Å². The van der Waals surface area contributed by atoms with Crippen molar-refractivity contribution in [3.05, 3.63) is 59.7 Å². The summed E-state index contributed by atoms with van der Waals surface area (Å²) in [5.74, 6) is 0.800. The number of rotatable bonds is 4. The van der Waals surface area contributed by atoms with Gasteiger partial charge < -0.3 is 15.4 Å². The van der Waals surface area contributed by atoms with Crippen molar-refractivity contribution in [2.75, 3.05) is 12.9 Å². The molecule has 0 aromatic heterocycles. The summed E-state index contributed by atoms with van der Waals surface area (Å²) in [6.45, 7) is 2.41. The fourth-order valence-electron chi connectivity index (χ4n) is 2.98. The third kappa shape index (κ3) is 4.16. The molecule has 0 unspecified atom stereocenters. The molecule has 2 atom stereocenters. The zero-order valence-electron chi connectivity index (χ0n) is 14.7. The van der Waals surface area contributed by atoms with E-state index < -0.39 is 9.84 Å². The molecule has 1 aliphatic rings. The molecular formula is C19H22N2O4S. The molecule has 3 rings (SSSR count). The van der Waals surface area contributed by atoms with E-state index in [0.717, 1.165) is 16.9 Å². The summed E-state index contributed by atoms with van der Waals surface area (Å²) < 4.78 is 28.7. The lowest BCUT2D eigenvalue weighted by Crippen LogP contribution is -2.40. The number of nitrogens with one attached hydrogen (secondary N) is 2. The lowest BCUT2D eigenvalue weighted by Gasteiger charge is -2.27. The van der Waals surface area contributed by atoms with Crippen LogP contribution in [0.15, 0.2) is 53.4 Å². The van der Waals surface area contributed by atoms with Crippen LogP contribution in [0, 0.1) is 0 Å². The van der Waals surface area contributed by atoms with E-state index in [2.05, 4.69) is 10.6 Å². The Kier molecular flexibility index (Phi) is 5.18. The van der Waals surface area contributed by atoms with Crippen LogP contribution < -0.4 is 15.4 Å². The molecule has 26 heavy (non-hydrogen) atoms. The third-order valence-electron chi connectivity index (χ3n) is 4.42. The fourth-order valence-corrected chi connectivity index (χ4v) is 3.61. The van der Waals surface area contributed by atoms with Crippen LogP contribution in [0.3, 0.4) is 0 Å². The Labute approximate surface area is 153 Å². The molecular weight excluding hydrogens is 352 g/mol. The van der Waals surface area contributed by atoms with Crippen LogP contribution in [0.1, 0.15) is 36.6 Å². The lowest BCUT2D eigenvalue weighted by molar-refractivity contribution is 0.221. The molecule has 7 heteroatoms. The van der Waals surface area contributed by atoms with Crippen LogP contribution in [-0.4, -0.2) is 27.3 Å². The maximum Gasteiger partial charge on any atom is 0.315 e. The first-order valence-electron chi connectivity index (χ1n) is 8.43. The maximum atomic E-state index is 12.4. The fraction of sp³-hybridized carbons (Fsp3) is 0.316. The van der Waals surface area contributed by atoms with Gasteiger partial charge in [0.25, 0.3) is 0 Å². The Morgan fingerprint density at radius 2 is 1.85 bits per heavy atom. The van der Waals surface area contributed by atoms with E-state index in [4.69, 9.17) is 4.74 Å². The van der Waals surface area contributed by atoms with Gasteiger partial charge in [0.15, 0.2) is 9.84 Å². The highest BCUT2D eigenvalue weighted by atomic mass is 32.2. The van der Waals surface area contributed by atoms with E-state index in [9.17, 15) is 13.2 Å². The molecule has 0 bridgehead atoms. The summed E-state index contributed by atoms with van der Waals surface area (Å²) in [7, 11) is -3.23.